The molecule has 0 saturated carbocycles. The predicted octanol–water partition coefficient (Wildman–Crippen LogP) is 4.06. The Labute approximate surface area is 169 Å². The van der Waals surface area contributed by atoms with E-state index in [4.69, 9.17) is 0 Å². The van der Waals surface area contributed by atoms with E-state index in [-0.39, 0.29) is 23.3 Å². The average Bonchev–Trinajstić information content (AvgIpc) is 2.72. The minimum atomic E-state index is -0.372. The van der Waals surface area contributed by atoms with Crippen molar-refractivity contribution in [3.8, 4) is 0 Å². The minimum Gasteiger partial charge on any atom is -0.352 e. The zero-order valence-electron chi connectivity index (χ0n) is 16.3. The molecule has 0 radical (unpaired) electrons. The normalized spacial score (nSPS) is 10.4. The lowest BCUT2D eigenvalue weighted by Crippen LogP contribution is -2.26. The van der Waals surface area contributed by atoms with Crippen LogP contribution in [0.25, 0.3) is 0 Å². The lowest BCUT2D eigenvalue weighted by molar-refractivity contribution is 0.0954. The molecule has 1 heterocycles. The molecule has 148 valence electrons. The first-order valence-corrected chi connectivity index (χ1v) is 9.30. The number of nitrogens with one attached hydrogen (secondary N) is 2. The number of carbonyl (C=O) groups is 2. The van der Waals surface area contributed by atoms with E-state index in [0.717, 1.165) is 22.4 Å². The third-order valence-electron chi connectivity index (χ3n) is 4.59. The Bertz CT molecular complexity index is 1010. The van der Waals surface area contributed by atoms with E-state index < -0.39 is 0 Å². The second-order valence-electron chi connectivity index (χ2n) is 6.78. The number of nitrogens with zero attached hydrogens (tertiary/aromatic N) is 1. The molecule has 3 rings (SSSR count). The largest absolute Gasteiger partial charge is 0.352 e. The molecule has 2 N–H and O–H groups in total. The van der Waals surface area contributed by atoms with Crippen molar-refractivity contribution in [2.75, 3.05) is 11.9 Å². The predicted molar refractivity (Wildman–Crippen MR) is 111 cm³/mol. The molecule has 0 atom stereocenters. The number of aromatic nitrogens is 1. The van der Waals surface area contributed by atoms with Crippen LogP contribution in [0.3, 0.4) is 0 Å². The van der Waals surface area contributed by atoms with Crippen molar-refractivity contribution >= 4 is 17.5 Å². The molecule has 2 aromatic carbocycles. The van der Waals surface area contributed by atoms with Crippen molar-refractivity contribution in [2.24, 2.45) is 0 Å². The number of aryl methyl sites for hydroxylation is 2. The first kappa shape index (κ1) is 20.2. The summed E-state index contributed by atoms with van der Waals surface area (Å²) in [5.74, 6) is -0.958. The van der Waals surface area contributed by atoms with Crippen molar-refractivity contribution in [2.45, 2.75) is 20.3 Å². The van der Waals surface area contributed by atoms with Gasteiger partial charge in [-0.05, 0) is 61.2 Å². The Morgan fingerprint density at radius 2 is 1.66 bits per heavy atom. The van der Waals surface area contributed by atoms with Gasteiger partial charge >= 0.3 is 0 Å². The number of para-hydroxylation sites is 1. The van der Waals surface area contributed by atoms with E-state index in [9.17, 15) is 14.0 Å². The van der Waals surface area contributed by atoms with Gasteiger partial charge in [-0.25, -0.2) is 4.39 Å². The molecular weight excluding hydrogens is 369 g/mol. The van der Waals surface area contributed by atoms with Crippen LogP contribution in [-0.4, -0.2) is 23.3 Å². The number of anilines is 1. The molecule has 0 bridgehead atoms. The summed E-state index contributed by atoms with van der Waals surface area (Å²) in [4.78, 5) is 29.1. The van der Waals surface area contributed by atoms with Gasteiger partial charge < -0.3 is 10.6 Å². The Hall–Kier alpha value is -3.54. The van der Waals surface area contributed by atoms with Gasteiger partial charge in [-0.2, -0.15) is 0 Å². The molecule has 6 heteroatoms. The molecular formula is C23H22FN3O2. The van der Waals surface area contributed by atoms with Crippen molar-refractivity contribution in [3.63, 3.8) is 0 Å². The Morgan fingerprint density at radius 3 is 2.34 bits per heavy atom. The summed E-state index contributed by atoms with van der Waals surface area (Å²) in [5.41, 5.74) is 4.09. The topological polar surface area (TPSA) is 71.1 Å². The Morgan fingerprint density at radius 1 is 0.966 bits per heavy atom. The number of hydrogen-bond acceptors (Lipinski definition) is 3. The van der Waals surface area contributed by atoms with Crippen LogP contribution in [0.2, 0.25) is 0 Å². The first-order valence-electron chi connectivity index (χ1n) is 9.30. The maximum atomic E-state index is 12.9. The number of hydrogen-bond donors (Lipinski definition) is 2. The van der Waals surface area contributed by atoms with Gasteiger partial charge in [0.05, 0.1) is 0 Å². The molecule has 1 aromatic heterocycles. The summed E-state index contributed by atoms with van der Waals surface area (Å²) >= 11 is 0. The fourth-order valence-electron chi connectivity index (χ4n) is 2.96. The minimum absolute atomic E-state index is 0.166. The molecule has 0 aliphatic carbocycles. The number of benzene rings is 2. The Balaban J connectivity index is 1.63. The second kappa shape index (κ2) is 9.10. The highest BCUT2D eigenvalue weighted by Gasteiger charge is 2.14. The molecule has 0 unspecified atom stereocenters. The number of pyridine rings is 1. The van der Waals surface area contributed by atoms with Crippen LogP contribution in [0.5, 0.6) is 0 Å². The van der Waals surface area contributed by atoms with Crippen molar-refractivity contribution < 1.29 is 14.0 Å². The average molecular weight is 391 g/mol. The zero-order valence-corrected chi connectivity index (χ0v) is 16.3. The van der Waals surface area contributed by atoms with Gasteiger partial charge in [0.2, 0.25) is 0 Å². The third kappa shape index (κ3) is 5.25. The monoisotopic (exact) mass is 391 g/mol. The molecule has 2 amide bonds. The van der Waals surface area contributed by atoms with Crippen LogP contribution < -0.4 is 10.6 Å². The highest BCUT2D eigenvalue weighted by molar-refractivity contribution is 6.05. The van der Waals surface area contributed by atoms with E-state index in [2.05, 4.69) is 15.6 Å². The second-order valence-corrected chi connectivity index (χ2v) is 6.78. The molecule has 29 heavy (non-hydrogen) atoms. The summed E-state index contributed by atoms with van der Waals surface area (Å²) in [6, 6.07) is 14.9. The van der Waals surface area contributed by atoms with E-state index in [1.807, 2.05) is 32.0 Å². The molecule has 5 nitrogen and oxygen atoms in total. The van der Waals surface area contributed by atoms with Gasteiger partial charge in [0.25, 0.3) is 11.8 Å². The van der Waals surface area contributed by atoms with Crippen LogP contribution in [-0.2, 0) is 6.42 Å². The summed E-state index contributed by atoms with van der Waals surface area (Å²) < 4.78 is 12.9. The van der Waals surface area contributed by atoms with Crippen LogP contribution in [0, 0.1) is 19.7 Å². The highest BCUT2D eigenvalue weighted by Crippen LogP contribution is 2.20. The van der Waals surface area contributed by atoms with E-state index >= 15 is 0 Å². The first-order chi connectivity index (χ1) is 13.9. The van der Waals surface area contributed by atoms with Gasteiger partial charge in [-0.3, -0.25) is 14.6 Å². The van der Waals surface area contributed by atoms with Crippen molar-refractivity contribution in [3.05, 3.63) is 94.6 Å². The quantitative estimate of drug-likeness (QED) is 0.666. The van der Waals surface area contributed by atoms with Crippen LogP contribution in [0.4, 0.5) is 10.1 Å². The fraction of sp³-hybridized carbons (Fsp3) is 0.174. The molecule has 0 saturated heterocycles. The summed E-state index contributed by atoms with van der Waals surface area (Å²) in [5, 5.41) is 5.67. The summed E-state index contributed by atoms with van der Waals surface area (Å²) in [6.45, 7) is 4.23. The van der Waals surface area contributed by atoms with Crippen molar-refractivity contribution in [1.82, 2.24) is 10.3 Å². The number of carbonyl (C=O) groups excluding carboxylic acids is 2. The Kier molecular flexibility index (Phi) is 6.34. The maximum absolute atomic E-state index is 12.9. The van der Waals surface area contributed by atoms with Crippen molar-refractivity contribution in [1.29, 1.82) is 0 Å². The standard InChI is InChI=1S/C23H22FN3O2/c1-15-4-3-5-16(2)21(15)27-23(29)20-14-18(11-13-25-20)22(28)26-12-10-17-6-8-19(24)9-7-17/h3-9,11,13-14H,10,12H2,1-2H3,(H,26,28)(H,27,29). The highest BCUT2D eigenvalue weighted by atomic mass is 19.1. The van der Waals surface area contributed by atoms with Gasteiger partial charge in [0.15, 0.2) is 0 Å². The van der Waals surface area contributed by atoms with Gasteiger partial charge in [-0.1, -0.05) is 30.3 Å². The maximum Gasteiger partial charge on any atom is 0.274 e. The zero-order chi connectivity index (χ0) is 20.8. The lowest BCUT2D eigenvalue weighted by atomic mass is 10.1. The number of rotatable bonds is 6. The summed E-state index contributed by atoms with van der Waals surface area (Å²) in [7, 11) is 0. The summed E-state index contributed by atoms with van der Waals surface area (Å²) in [6.07, 6.45) is 2.02. The van der Waals surface area contributed by atoms with Gasteiger partial charge in [0, 0.05) is 24.0 Å². The van der Waals surface area contributed by atoms with E-state index in [0.29, 0.717) is 18.5 Å². The van der Waals surface area contributed by atoms with E-state index in [1.165, 1.54) is 24.4 Å². The molecule has 0 fully saturated rings. The van der Waals surface area contributed by atoms with E-state index in [1.54, 1.807) is 18.2 Å². The van der Waals surface area contributed by atoms with Crippen LogP contribution in [0.1, 0.15) is 37.5 Å². The van der Waals surface area contributed by atoms with Crippen LogP contribution >= 0.6 is 0 Å². The lowest BCUT2D eigenvalue weighted by Gasteiger charge is -2.11. The molecule has 3 aromatic rings. The molecule has 0 aliphatic heterocycles. The number of amides is 2. The van der Waals surface area contributed by atoms with Gasteiger partial charge in [-0.15, -0.1) is 0 Å². The molecule has 0 aliphatic rings. The SMILES string of the molecule is Cc1cccc(C)c1NC(=O)c1cc(C(=O)NCCc2ccc(F)cc2)ccn1. The molecule has 0 spiro atoms. The van der Waals surface area contributed by atoms with Gasteiger partial charge in [0.1, 0.15) is 11.5 Å². The fourth-order valence-corrected chi connectivity index (χ4v) is 2.96. The third-order valence-corrected chi connectivity index (χ3v) is 4.59. The number of halogens is 1. The van der Waals surface area contributed by atoms with Crippen LogP contribution in [0.15, 0.2) is 60.8 Å². The smallest absolute Gasteiger partial charge is 0.274 e.